The third-order valence-corrected chi connectivity index (χ3v) is 3.78. The Kier molecular flexibility index (Phi) is 2.94. The molecule has 0 aliphatic heterocycles. The van der Waals surface area contributed by atoms with Crippen LogP contribution in [0.3, 0.4) is 0 Å². The van der Waals surface area contributed by atoms with Crippen molar-refractivity contribution < 1.29 is 0 Å². The number of pyridine rings is 1. The minimum absolute atomic E-state index is 0.00715. The molecule has 0 aliphatic carbocycles. The van der Waals surface area contributed by atoms with Gasteiger partial charge in [-0.15, -0.1) is 11.3 Å². The number of hydrogen-bond acceptors (Lipinski definition) is 3. The van der Waals surface area contributed by atoms with E-state index in [0.29, 0.717) is 0 Å². The second kappa shape index (κ2) is 4.23. The van der Waals surface area contributed by atoms with Gasteiger partial charge in [-0.1, -0.05) is 0 Å². The van der Waals surface area contributed by atoms with Crippen LogP contribution in [0, 0.1) is 0 Å². The lowest BCUT2D eigenvalue weighted by Crippen LogP contribution is -2.13. The summed E-state index contributed by atoms with van der Waals surface area (Å²) in [5.74, 6) is 0. The molecule has 1 atom stereocenters. The Morgan fingerprint density at radius 3 is 2.62 bits per heavy atom. The van der Waals surface area contributed by atoms with Crippen LogP contribution in [0.15, 0.2) is 35.3 Å². The molecule has 0 aliphatic rings. The summed E-state index contributed by atoms with van der Waals surface area (Å²) in [6.07, 6.45) is 1.85. The number of aromatic nitrogens is 1. The molecule has 3 nitrogen and oxygen atoms in total. The van der Waals surface area contributed by atoms with Crippen molar-refractivity contribution in [1.82, 2.24) is 4.57 Å². The van der Waals surface area contributed by atoms with Crippen LogP contribution in [-0.2, 0) is 7.05 Å². The maximum atomic E-state index is 11.3. The third-order valence-electron chi connectivity index (χ3n) is 2.45. The van der Waals surface area contributed by atoms with Crippen molar-refractivity contribution in [1.29, 1.82) is 0 Å². The fraction of sp³-hybridized carbons (Fsp3) is 0.250. The molecule has 2 rings (SSSR count). The van der Waals surface area contributed by atoms with Gasteiger partial charge in [0.2, 0.25) is 5.56 Å². The summed E-state index contributed by atoms with van der Waals surface area (Å²) in [6, 6.07) is 7.57. The van der Waals surface area contributed by atoms with Gasteiger partial charge in [-0.05, 0) is 25.1 Å². The van der Waals surface area contributed by atoms with Gasteiger partial charge in [-0.2, -0.15) is 0 Å². The summed E-state index contributed by atoms with van der Waals surface area (Å²) in [5, 5.41) is 0. The van der Waals surface area contributed by atoms with E-state index in [2.05, 4.69) is 0 Å². The average Bonchev–Trinajstić information content (AvgIpc) is 2.71. The van der Waals surface area contributed by atoms with Crippen LogP contribution in [0.1, 0.15) is 17.8 Å². The minimum Gasteiger partial charge on any atom is -0.324 e. The number of rotatable bonds is 2. The highest BCUT2D eigenvalue weighted by atomic mass is 32.1. The molecule has 1 unspecified atom stereocenters. The number of hydrogen-bond donors (Lipinski definition) is 1. The SMILES string of the molecule is CC(N)c1ccc(-c2ccc(=O)n(C)c2)s1. The standard InChI is InChI=1S/C12H14N2OS/c1-8(13)10-4-5-11(16-10)9-3-6-12(15)14(2)7-9/h3-8H,13H2,1-2H3. The molecule has 0 spiro atoms. The van der Waals surface area contributed by atoms with E-state index in [1.807, 2.05) is 31.3 Å². The van der Waals surface area contributed by atoms with Gasteiger partial charge in [-0.3, -0.25) is 4.79 Å². The largest absolute Gasteiger partial charge is 0.324 e. The zero-order valence-corrected chi connectivity index (χ0v) is 10.1. The van der Waals surface area contributed by atoms with E-state index in [1.165, 1.54) is 0 Å². The van der Waals surface area contributed by atoms with Crippen LogP contribution >= 0.6 is 11.3 Å². The zero-order chi connectivity index (χ0) is 11.7. The summed E-state index contributed by atoms with van der Waals surface area (Å²) < 4.78 is 1.58. The second-order valence-corrected chi connectivity index (χ2v) is 4.97. The molecule has 2 N–H and O–H groups in total. The van der Waals surface area contributed by atoms with Crippen LogP contribution in [0.2, 0.25) is 0 Å². The molecule has 2 heterocycles. The average molecular weight is 234 g/mol. The molecule has 16 heavy (non-hydrogen) atoms. The zero-order valence-electron chi connectivity index (χ0n) is 9.31. The maximum Gasteiger partial charge on any atom is 0.250 e. The third kappa shape index (κ3) is 2.08. The molecule has 0 bridgehead atoms. The Bertz CT molecular complexity index is 554. The molecule has 2 aromatic heterocycles. The normalized spacial score (nSPS) is 12.7. The van der Waals surface area contributed by atoms with Crippen molar-refractivity contribution in [3.05, 3.63) is 45.7 Å². The lowest BCUT2D eigenvalue weighted by molar-refractivity contribution is 0.838. The van der Waals surface area contributed by atoms with E-state index in [-0.39, 0.29) is 11.6 Å². The Morgan fingerprint density at radius 2 is 2.06 bits per heavy atom. The second-order valence-electron chi connectivity index (χ2n) is 3.86. The first-order chi connectivity index (χ1) is 7.58. The first kappa shape index (κ1) is 11.1. The lowest BCUT2D eigenvalue weighted by atomic mass is 10.2. The first-order valence-corrected chi connectivity index (χ1v) is 5.92. The molecule has 4 heteroatoms. The van der Waals surface area contributed by atoms with Crippen molar-refractivity contribution in [2.75, 3.05) is 0 Å². The monoisotopic (exact) mass is 234 g/mol. The lowest BCUT2D eigenvalue weighted by Gasteiger charge is -2.01. The molecule has 0 saturated heterocycles. The van der Waals surface area contributed by atoms with Gasteiger partial charge in [0.1, 0.15) is 0 Å². The van der Waals surface area contributed by atoms with E-state index in [4.69, 9.17) is 5.73 Å². The van der Waals surface area contributed by atoms with Gasteiger partial charge in [0.05, 0.1) is 0 Å². The fourth-order valence-electron chi connectivity index (χ4n) is 1.49. The molecule has 0 aromatic carbocycles. The predicted octanol–water partition coefficient (Wildman–Crippen LogP) is 2.13. The quantitative estimate of drug-likeness (QED) is 0.865. The topological polar surface area (TPSA) is 48.0 Å². The molecule has 0 fully saturated rings. The smallest absolute Gasteiger partial charge is 0.250 e. The Balaban J connectivity index is 2.42. The van der Waals surface area contributed by atoms with E-state index < -0.39 is 0 Å². The van der Waals surface area contributed by atoms with Crippen LogP contribution in [0.4, 0.5) is 0 Å². The van der Waals surface area contributed by atoms with E-state index in [9.17, 15) is 4.79 Å². The van der Waals surface area contributed by atoms with Crippen molar-refractivity contribution in [2.24, 2.45) is 12.8 Å². The van der Waals surface area contributed by atoms with E-state index in [1.54, 1.807) is 29.0 Å². The van der Waals surface area contributed by atoms with Gasteiger partial charge in [0.15, 0.2) is 0 Å². The molecule has 0 radical (unpaired) electrons. The van der Waals surface area contributed by atoms with Gasteiger partial charge < -0.3 is 10.3 Å². The molecular weight excluding hydrogens is 220 g/mol. The predicted molar refractivity (Wildman–Crippen MR) is 67.6 cm³/mol. The van der Waals surface area contributed by atoms with Crippen molar-refractivity contribution in [3.8, 4) is 10.4 Å². The van der Waals surface area contributed by atoms with Gasteiger partial charge in [0.25, 0.3) is 0 Å². The summed E-state index contributed by atoms with van der Waals surface area (Å²) >= 11 is 1.67. The maximum absolute atomic E-state index is 11.3. The summed E-state index contributed by atoms with van der Waals surface area (Å²) in [5.41, 5.74) is 6.88. The summed E-state index contributed by atoms with van der Waals surface area (Å²) in [4.78, 5) is 13.6. The highest BCUT2D eigenvalue weighted by molar-refractivity contribution is 7.15. The summed E-state index contributed by atoms with van der Waals surface area (Å²) in [6.45, 7) is 1.97. The Labute approximate surface area is 98.2 Å². The van der Waals surface area contributed by atoms with Crippen LogP contribution < -0.4 is 11.3 Å². The highest BCUT2D eigenvalue weighted by Gasteiger charge is 2.06. The van der Waals surface area contributed by atoms with Gasteiger partial charge >= 0.3 is 0 Å². The van der Waals surface area contributed by atoms with Crippen LogP contribution in [0.5, 0.6) is 0 Å². The fourth-order valence-corrected chi connectivity index (χ4v) is 2.44. The molecular formula is C12H14N2OS. The Hall–Kier alpha value is -1.39. The van der Waals surface area contributed by atoms with Crippen LogP contribution in [-0.4, -0.2) is 4.57 Å². The number of nitrogens with two attached hydrogens (primary N) is 1. The van der Waals surface area contributed by atoms with E-state index >= 15 is 0 Å². The first-order valence-electron chi connectivity index (χ1n) is 5.10. The molecule has 2 aromatic rings. The van der Waals surface area contributed by atoms with Crippen molar-refractivity contribution >= 4 is 11.3 Å². The number of aryl methyl sites for hydroxylation is 1. The summed E-state index contributed by atoms with van der Waals surface area (Å²) in [7, 11) is 1.76. The van der Waals surface area contributed by atoms with Gasteiger partial charge in [0, 0.05) is 40.7 Å². The number of nitrogens with zero attached hydrogens (tertiary/aromatic N) is 1. The Morgan fingerprint density at radius 1 is 1.31 bits per heavy atom. The van der Waals surface area contributed by atoms with E-state index in [0.717, 1.165) is 15.3 Å². The highest BCUT2D eigenvalue weighted by Crippen LogP contribution is 2.29. The number of thiophene rings is 1. The minimum atomic E-state index is 0.00715. The van der Waals surface area contributed by atoms with Crippen molar-refractivity contribution in [3.63, 3.8) is 0 Å². The molecule has 0 amide bonds. The molecule has 0 saturated carbocycles. The van der Waals surface area contributed by atoms with Crippen molar-refractivity contribution in [2.45, 2.75) is 13.0 Å². The van der Waals surface area contributed by atoms with Crippen LogP contribution in [0.25, 0.3) is 10.4 Å². The molecule has 84 valence electrons. The van der Waals surface area contributed by atoms with Gasteiger partial charge in [-0.25, -0.2) is 0 Å².